The molecule has 0 radical (unpaired) electrons. The van der Waals surface area contributed by atoms with Crippen molar-refractivity contribution in [3.05, 3.63) is 58.1 Å². The van der Waals surface area contributed by atoms with Crippen molar-refractivity contribution in [3.63, 3.8) is 0 Å². The molecule has 3 rings (SSSR count). The van der Waals surface area contributed by atoms with E-state index in [1.54, 1.807) is 24.3 Å². The van der Waals surface area contributed by atoms with E-state index in [0.717, 1.165) is 11.3 Å². The summed E-state index contributed by atoms with van der Waals surface area (Å²) in [6.07, 6.45) is 0. The topological polar surface area (TPSA) is 40.6 Å². The van der Waals surface area contributed by atoms with Gasteiger partial charge in [0.2, 0.25) is 10.0 Å². The van der Waals surface area contributed by atoms with Crippen molar-refractivity contribution in [2.75, 3.05) is 31.1 Å². The van der Waals surface area contributed by atoms with Crippen LogP contribution in [0.2, 0.25) is 10.0 Å². The molecule has 7 heteroatoms. The van der Waals surface area contributed by atoms with E-state index in [4.69, 9.17) is 23.2 Å². The third-order valence-corrected chi connectivity index (χ3v) is 7.31. The van der Waals surface area contributed by atoms with Gasteiger partial charge in [-0.1, -0.05) is 56.1 Å². The lowest BCUT2D eigenvalue weighted by Gasteiger charge is -2.35. The van der Waals surface area contributed by atoms with Crippen LogP contribution in [0.5, 0.6) is 0 Å². The monoisotopic (exact) mass is 426 g/mol. The lowest BCUT2D eigenvalue weighted by Crippen LogP contribution is -2.48. The number of hydrogen-bond donors (Lipinski definition) is 0. The highest BCUT2D eigenvalue weighted by Gasteiger charge is 2.29. The van der Waals surface area contributed by atoms with E-state index in [1.165, 1.54) is 4.31 Å². The molecule has 0 bridgehead atoms. The lowest BCUT2D eigenvalue weighted by atomic mass is 9.87. The van der Waals surface area contributed by atoms with Crippen LogP contribution >= 0.6 is 23.2 Å². The molecule has 146 valence electrons. The van der Waals surface area contributed by atoms with Crippen molar-refractivity contribution in [1.29, 1.82) is 0 Å². The van der Waals surface area contributed by atoms with E-state index < -0.39 is 10.0 Å². The highest BCUT2D eigenvalue weighted by atomic mass is 35.5. The van der Waals surface area contributed by atoms with E-state index in [1.807, 2.05) is 18.2 Å². The highest BCUT2D eigenvalue weighted by Crippen LogP contribution is 2.31. The Morgan fingerprint density at radius 3 is 2.04 bits per heavy atom. The number of halogens is 2. The van der Waals surface area contributed by atoms with Crippen LogP contribution in [0.1, 0.15) is 26.3 Å². The van der Waals surface area contributed by atoms with Crippen LogP contribution in [-0.2, 0) is 15.4 Å². The Labute approximate surface area is 171 Å². The van der Waals surface area contributed by atoms with Gasteiger partial charge < -0.3 is 4.90 Å². The molecule has 0 atom stereocenters. The molecule has 0 spiro atoms. The van der Waals surface area contributed by atoms with Gasteiger partial charge in [-0.3, -0.25) is 0 Å². The number of benzene rings is 2. The maximum Gasteiger partial charge on any atom is 0.243 e. The third kappa shape index (κ3) is 4.43. The van der Waals surface area contributed by atoms with Gasteiger partial charge in [0.05, 0.1) is 15.6 Å². The summed E-state index contributed by atoms with van der Waals surface area (Å²) in [6.45, 7) is 8.28. The van der Waals surface area contributed by atoms with Crippen LogP contribution in [0.15, 0.2) is 47.4 Å². The Morgan fingerprint density at radius 2 is 1.48 bits per heavy atom. The minimum absolute atomic E-state index is 0.00978. The molecule has 0 saturated carbocycles. The predicted octanol–water partition coefficient (Wildman–Crippen LogP) is 4.80. The summed E-state index contributed by atoms with van der Waals surface area (Å²) in [5.74, 6) is 0. The van der Waals surface area contributed by atoms with E-state index in [-0.39, 0.29) is 5.41 Å². The maximum absolute atomic E-state index is 13.0. The standard InChI is InChI=1S/C20H24Cl2N2O2S/c1-20(2,3)15-4-7-17(8-5-15)27(25,26)24-12-10-23(11-13-24)19-14-16(21)6-9-18(19)22/h4-9,14H,10-13H2,1-3H3. The van der Waals surface area contributed by atoms with Gasteiger partial charge in [-0.2, -0.15) is 4.31 Å². The molecule has 1 saturated heterocycles. The number of piperazine rings is 1. The van der Waals surface area contributed by atoms with E-state index in [0.29, 0.717) is 41.1 Å². The molecule has 0 N–H and O–H groups in total. The van der Waals surface area contributed by atoms with Gasteiger partial charge in [0, 0.05) is 31.2 Å². The number of nitrogens with zero attached hydrogens (tertiary/aromatic N) is 2. The Balaban J connectivity index is 1.74. The second-order valence-corrected chi connectivity index (χ2v) is 10.5. The van der Waals surface area contributed by atoms with E-state index in [2.05, 4.69) is 25.7 Å². The second-order valence-electron chi connectivity index (χ2n) is 7.76. The van der Waals surface area contributed by atoms with Gasteiger partial charge in [0.15, 0.2) is 0 Å². The fourth-order valence-corrected chi connectivity index (χ4v) is 5.00. The average Bonchev–Trinajstić information content (AvgIpc) is 2.63. The smallest absolute Gasteiger partial charge is 0.243 e. The Kier molecular flexibility index (Phi) is 5.78. The average molecular weight is 427 g/mol. The summed E-state index contributed by atoms with van der Waals surface area (Å²) in [7, 11) is -3.50. The lowest BCUT2D eigenvalue weighted by molar-refractivity contribution is 0.385. The quantitative estimate of drug-likeness (QED) is 0.707. The summed E-state index contributed by atoms with van der Waals surface area (Å²) in [6, 6.07) is 12.5. The largest absolute Gasteiger partial charge is 0.368 e. The number of rotatable bonds is 3. The van der Waals surface area contributed by atoms with Crippen molar-refractivity contribution in [2.24, 2.45) is 0 Å². The number of hydrogen-bond acceptors (Lipinski definition) is 3. The zero-order chi connectivity index (χ0) is 19.8. The molecule has 0 aromatic heterocycles. The van der Waals surface area contributed by atoms with Crippen LogP contribution in [0.4, 0.5) is 5.69 Å². The zero-order valence-corrected chi connectivity index (χ0v) is 18.1. The Morgan fingerprint density at radius 1 is 0.889 bits per heavy atom. The normalized spacial score (nSPS) is 16.6. The van der Waals surface area contributed by atoms with Gasteiger partial charge >= 0.3 is 0 Å². The molecule has 4 nitrogen and oxygen atoms in total. The van der Waals surface area contributed by atoms with Gasteiger partial charge in [-0.25, -0.2) is 8.42 Å². The Bertz CT molecular complexity index is 914. The SMILES string of the molecule is CC(C)(C)c1ccc(S(=O)(=O)N2CCN(c3cc(Cl)ccc3Cl)CC2)cc1. The van der Waals surface area contributed by atoms with Crippen molar-refractivity contribution in [3.8, 4) is 0 Å². The molecule has 1 aliphatic heterocycles. The molecule has 27 heavy (non-hydrogen) atoms. The Hall–Kier alpha value is -1.27. The maximum atomic E-state index is 13.0. The number of sulfonamides is 1. The molecule has 1 fully saturated rings. The van der Waals surface area contributed by atoms with Crippen molar-refractivity contribution >= 4 is 38.9 Å². The molecule has 0 amide bonds. The van der Waals surface area contributed by atoms with Crippen LogP contribution in [0.3, 0.4) is 0 Å². The van der Waals surface area contributed by atoms with Gasteiger partial charge in [-0.15, -0.1) is 0 Å². The van der Waals surface area contributed by atoms with Crippen LogP contribution < -0.4 is 4.90 Å². The predicted molar refractivity (Wildman–Crippen MR) is 113 cm³/mol. The third-order valence-electron chi connectivity index (χ3n) is 4.85. The summed E-state index contributed by atoms with van der Waals surface area (Å²) in [5.41, 5.74) is 1.95. The van der Waals surface area contributed by atoms with E-state index >= 15 is 0 Å². The molecular formula is C20H24Cl2N2O2S. The first-order chi connectivity index (χ1) is 12.6. The first kappa shape index (κ1) is 20.5. The fraction of sp³-hybridized carbons (Fsp3) is 0.400. The minimum Gasteiger partial charge on any atom is -0.368 e. The zero-order valence-electron chi connectivity index (χ0n) is 15.7. The second kappa shape index (κ2) is 7.63. The van der Waals surface area contributed by atoms with Gasteiger partial charge in [0.25, 0.3) is 0 Å². The van der Waals surface area contributed by atoms with Crippen molar-refractivity contribution in [2.45, 2.75) is 31.1 Å². The highest BCUT2D eigenvalue weighted by molar-refractivity contribution is 7.89. The molecule has 1 heterocycles. The fourth-order valence-electron chi connectivity index (χ4n) is 3.17. The minimum atomic E-state index is -3.50. The molecule has 2 aromatic carbocycles. The van der Waals surface area contributed by atoms with Crippen LogP contribution in [0.25, 0.3) is 0 Å². The molecule has 1 aliphatic rings. The van der Waals surface area contributed by atoms with Gasteiger partial charge in [-0.05, 0) is 41.3 Å². The molecule has 0 aliphatic carbocycles. The van der Waals surface area contributed by atoms with Crippen molar-refractivity contribution in [1.82, 2.24) is 4.31 Å². The van der Waals surface area contributed by atoms with E-state index in [9.17, 15) is 8.42 Å². The van der Waals surface area contributed by atoms with Crippen LogP contribution in [-0.4, -0.2) is 38.9 Å². The van der Waals surface area contributed by atoms with Crippen molar-refractivity contribution < 1.29 is 8.42 Å². The first-order valence-electron chi connectivity index (χ1n) is 8.90. The van der Waals surface area contributed by atoms with Crippen LogP contribution in [0, 0.1) is 0 Å². The van der Waals surface area contributed by atoms with Gasteiger partial charge in [0.1, 0.15) is 0 Å². The summed E-state index contributed by atoms with van der Waals surface area (Å²) < 4.78 is 27.5. The summed E-state index contributed by atoms with van der Waals surface area (Å²) in [4.78, 5) is 2.41. The number of anilines is 1. The summed E-state index contributed by atoms with van der Waals surface area (Å²) in [5, 5.41) is 1.23. The molecule has 0 unspecified atom stereocenters. The molecular weight excluding hydrogens is 403 g/mol. The molecule has 2 aromatic rings. The first-order valence-corrected chi connectivity index (χ1v) is 11.1. The summed E-state index contributed by atoms with van der Waals surface area (Å²) >= 11 is 12.3.